The van der Waals surface area contributed by atoms with E-state index in [1.807, 2.05) is 25.1 Å². The van der Waals surface area contributed by atoms with Crippen molar-refractivity contribution < 1.29 is 12.8 Å². The SMILES string of the molecule is Cc1cc(F)ccc1S(=O)(=O)N1CCN(c2cccc(Cl)c2C)CC1. The van der Waals surface area contributed by atoms with Gasteiger partial charge >= 0.3 is 0 Å². The zero-order valence-electron chi connectivity index (χ0n) is 14.2. The third-order valence-corrected chi connectivity index (χ3v) is 7.04. The average Bonchev–Trinajstić information content (AvgIpc) is 2.57. The Morgan fingerprint density at radius 1 is 1.04 bits per heavy atom. The minimum atomic E-state index is -3.62. The van der Waals surface area contributed by atoms with E-state index in [-0.39, 0.29) is 4.90 Å². The number of anilines is 1. The Morgan fingerprint density at radius 2 is 1.72 bits per heavy atom. The van der Waals surface area contributed by atoms with Crippen molar-refractivity contribution in [3.8, 4) is 0 Å². The summed E-state index contributed by atoms with van der Waals surface area (Å²) >= 11 is 6.18. The first kappa shape index (κ1) is 18.2. The largest absolute Gasteiger partial charge is 0.369 e. The van der Waals surface area contributed by atoms with Crippen LogP contribution in [0.15, 0.2) is 41.3 Å². The van der Waals surface area contributed by atoms with Crippen molar-refractivity contribution in [3.63, 3.8) is 0 Å². The lowest BCUT2D eigenvalue weighted by atomic mass is 10.1. The van der Waals surface area contributed by atoms with E-state index in [9.17, 15) is 12.8 Å². The molecule has 1 aliphatic rings. The van der Waals surface area contributed by atoms with E-state index in [2.05, 4.69) is 4.90 Å². The molecule has 0 bridgehead atoms. The molecule has 0 spiro atoms. The van der Waals surface area contributed by atoms with Crippen LogP contribution in [-0.2, 0) is 10.0 Å². The molecule has 3 rings (SSSR count). The maximum absolute atomic E-state index is 13.3. The van der Waals surface area contributed by atoms with Crippen molar-refractivity contribution in [1.82, 2.24) is 4.31 Å². The number of hydrogen-bond donors (Lipinski definition) is 0. The highest BCUT2D eigenvalue weighted by atomic mass is 35.5. The van der Waals surface area contributed by atoms with Gasteiger partial charge in [-0.1, -0.05) is 17.7 Å². The molecule has 0 aromatic heterocycles. The predicted octanol–water partition coefficient (Wildman–Crippen LogP) is 3.61. The summed E-state index contributed by atoms with van der Waals surface area (Å²) in [5.74, 6) is -0.433. The van der Waals surface area contributed by atoms with Gasteiger partial charge in [-0.05, 0) is 55.3 Å². The molecule has 134 valence electrons. The average molecular weight is 383 g/mol. The maximum Gasteiger partial charge on any atom is 0.243 e. The second-order valence-corrected chi connectivity index (χ2v) is 8.50. The van der Waals surface area contributed by atoms with E-state index in [0.717, 1.165) is 11.3 Å². The summed E-state index contributed by atoms with van der Waals surface area (Å²) in [5, 5.41) is 0.703. The van der Waals surface area contributed by atoms with Crippen molar-refractivity contribution in [1.29, 1.82) is 0 Å². The van der Waals surface area contributed by atoms with Crippen LogP contribution < -0.4 is 4.90 Å². The van der Waals surface area contributed by atoms with Crippen LogP contribution in [0.3, 0.4) is 0 Å². The molecule has 1 aliphatic heterocycles. The number of halogens is 2. The van der Waals surface area contributed by atoms with Gasteiger partial charge in [-0.2, -0.15) is 4.31 Å². The third-order valence-electron chi connectivity index (χ3n) is 4.57. The third kappa shape index (κ3) is 3.52. The Morgan fingerprint density at radius 3 is 2.36 bits per heavy atom. The highest BCUT2D eigenvalue weighted by Crippen LogP contribution is 2.28. The Balaban J connectivity index is 1.78. The molecule has 0 radical (unpaired) electrons. The van der Waals surface area contributed by atoms with E-state index in [0.29, 0.717) is 36.8 Å². The van der Waals surface area contributed by atoms with Gasteiger partial charge in [-0.25, -0.2) is 12.8 Å². The van der Waals surface area contributed by atoms with Crippen LogP contribution in [-0.4, -0.2) is 38.9 Å². The summed E-state index contributed by atoms with van der Waals surface area (Å²) in [6.45, 7) is 5.50. The summed E-state index contributed by atoms with van der Waals surface area (Å²) in [4.78, 5) is 2.31. The lowest BCUT2D eigenvalue weighted by molar-refractivity contribution is 0.384. The molecule has 4 nitrogen and oxygen atoms in total. The molecule has 0 N–H and O–H groups in total. The number of rotatable bonds is 3. The quantitative estimate of drug-likeness (QED) is 0.814. The lowest BCUT2D eigenvalue weighted by Gasteiger charge is -2.36. The molecular weight excluding hydrogens is 363 g/mol. The molecule has 0 atom stereocenters. The highest BCUT2D eigenvalue weighted by molar-refractivity contribution is 7.89. The van der Waals surface area contributed by atoms with Gasteiger partial charge in [0.2, 0.25) is 10.0 Å². The van der Waals surface area contributed by atoms with Crippen LogP contribution in [0.1, 0.15) is 11.1 Å². The number of nitrogens with zero attached hydrogens (tertiary/aromatic N) is 2. The first-order valence-corrected chi connectivity index (χ1v) is 9.89. The Labute approximate surface area is 152 Å². The van der Waals surface area contributed by atoms with Crippen molar-refractivity contribution >= 4 is 27.3 Å². The van der Waals surface area contributed by atoms with Crippen LogP contribution in [0.25, 0.3) is 0 Å². The number of aryl methyl sites for hydroxylation is 1. The number of piperazine rings is 1. The minimum absolute atomic E-state index is 0.168. The molecule has 0 aliphatic carbocycles. The van der Waals surface area contributed by atoms with Crippen LogP contribution in [0, 0.1) is 19.7 Å². The minimum Gasteiger partial charge on any atom is -0.369 e. The first-order chi connectivity index (χ1) is 11.8. The van der Waals surface area contributed by atoms with Crippen molar-refractivity contribution in [2.24, 2.45) is 0 Å². The van der Waals surface area contributed by atoms with Gasteiger partial charge in [-0.15, -0.1) is 0 Å². The summed E-state index contributed by atoms with van der Waals surface area (Å²) in [7, 11) is -3.62. The summed E-state index contributed by atoms with van der Waals surface area (Å²) in [6.07, 6.45) is 0. The van der Waals surface area contributed by atoms with E-state index in [1.165, 1.54) is 22.5 Å². The van der Waals surface area contributed by atoms with Gasteiger partial charge in [0.25, 0.3) is 0 Å². The summed E-state index contributed by atoms with van der Waals surface area (Å²) < 4.78 is 40.4. The van der Waals surface area contributed by atoms with Crippen molar-refractivity contribution in [2.45, 2.75) is 18.7 Å². The van der Waals surface area contributed by atoms with E-state index >= 15 is 0 Å². The number of hydrogen-bond acceptors (Lipinski definition) is 3. The van der Waals surface area contributed by atoms with Crippen molar-refractivity contribution in [3.05, 3.63) is 58.4 Å². The molecule has 0 amide bonds. The zero-order chi connectivity index (χ0) is 18.2. The standard InChI is InChI=1S/C18H20ClFN2O2S/c1-13-12-15(20)6-7-18(13)25(23,24)22-10-8-21(9-11-22)17-5-3-4-16(19)14(17)2/h3-7,12H,8-11H2,1-2H3. The Kier molecular flexibility index (Phi) is 5.04. The van der Waals surface area contributed by atoms with Crippen molar-refractivity contribution in [2.75, 3.05) is 31.1 Å². The Bertz CT molecular complexity index is 894. The fourth-order valence-electron chi connectivity index (χ4n) is 3.15. The fraction of sp³-hybridized carbons (Fsp3) is 0.333. The maximum atomic E-state index is 13.3. The molecule has 1 saturated heterocycles. The molecule has 2 aromatic carbocycles. The zero-order valence-corrected chi connectivity index (χ0v) is 15.7. The summed E-state index contributed by atoms with van der Waals surface area (Å²) in [5.41, 5.74) is 2.45. The van der Waals surface area contributed by atoms with Crippen LogP contribution in [0.2, 0.25) is 5.02 Å². The molecule has 1 fully saturated rings. The molecule has 0 unspecified atom stereocenters. The molecule has 7 heteroatoms. The van der Waals surface area contributed by atoms with Gasteiger partial charge < -0.3 is 4.90 Å². The molecule has 25 heavy (non-hydrogen) atoms. The van der Waals surface area contributed by atoms with Gasteiger partial charge in [-0.3, -0.25) is 0 Å². The molecule has 0 saturated carbocycles. The number of sulfonamides is 1. The number of benzene rings is 2. The molecular formula is C18H20ClFN2O2S. The first-order valence-electron chi connectivity index (χ1n) is 8.07. The van der Waals surface area contributed by atoms with E-state index in [4.69, 9.17) is 11.6 Å². The van der Waals surface area contributed by atoms with E-state index < -0.39 is 15.8 Å². The highest BCUT2D eigenvalue weighted by Gasteiger charge is 2.30. The van der Waals surface area contributed by atoms with Gasteiger partial charge in [0, 0.05) is 36.9 Å². The van der Waals surface area contributed by atoms with E-state index in [1.54, 1.807) is 6.92 Å². The predicted molar refractivity (Wildman–Crippen MR) is 98.3 cm³/mol. The fourth-order valence-corrected chi connectivity index (χ4v) is 4.95. The second-order valence-electron chi connectivity index (χ2n) is 6.18. The van der Waals surface area contributed by atoms with Gasteiger partial charge in [0.05, 0.1) is 4.90 Å². The molecule has 1 heterocycles. The lowest BCUT2D eigenvalue weighted by Crippen LogP contribution is -2.49. The Hall–Kier alpha value is -1.63. The van der Waals surface area contributed by atoms with Crippen LogP contribution >= 0.6 is 11.6 Å². The van der Waals surface area contributed by atoms with Crippen LogP contribution in [0.5, 0.6) is 0 Å². The topological polar surface area (TPSA) is 40.6 Å². The van der Waals surface area contributed by atoms with Gasteiger partial charge in [0.15, 0.2) is 0 Å². The molecule has 2 aromatic rings. The van der Waals surface area contributed by atoms with Crippen LogP contribution in [0.4, 0.5) is 10.1 Å². The van der Waals surface area contributed by atoms with Gasteiger partial charge in [0.1, 0.15) is 5.82 Å². The second kappa shape index (κ2) is 6.94. The monoisotopic (exact) mass is 382 g/mol. The summed E-state index contributed by atoms with van der Waals surface area (Å²) in [6, 6.07) is 9.51. The smallest absolute Gasteiger partial charge is 0.243 e. The normalized spacial score (nSPS) is 16.2.